The van der Waals surface area contributed by atoms with Crippen molar-refractivity contribution in [1.29, 1.82) is 0 Å². The first-order valence-corrected chi connectivity index (χ1v) is 5.68. The van der Waals surface area contributed by atoms with Crippen LogP contribution in [-0.2, 0) is 14.3 Å². The Balaban J connectivity index is 3.94. The lowest BCUT2D eigenvalue weighted by molar-refractivity contribution is -0.145. The number of hydrogen-bond donors (Lipinski definition) is 2. The molecule has 98 valence electrons. The molecular formula is C10H19N3O3S. The summed E-state index contributed by atoms with van der Waals surface area (Å²) >= 11 is 4.58. The molecule has 3 N–H and O–H groups in total. The van der Waals surface area contributed by atoms with Gasteiger partial charge in [0.2, 0.25) is 0 Å². The molecule has 0 fully saturated rings. The Bertz CT molecular complexity index is 295. The molecule has 7 heteroatoms. The highest BCUT2D eigenvalue weighted by Crippen LogP contribution is 1.90. The number of nitrogens with zero attached hydrogens (tertiary/aromatic N) is 1. The first-order chi connectivity index (χ1) is 7.84. The highest BCUT2D eigenvalue weighted by molar-refractivity contribution is 7.80. The van der Waals surface area contributed by atoms with Crippen molar-refractivity contribution in [1.82, 2.24) is 10.2 Å². The molecule has 0 saturated heterocycles. The van der Waals surface area contributed by atoms with E-state index < -0.39 is 11.8 Å². The Labute approximate surface area is 106 Å². The van der Waals surface area contributed by atoms with E-state index in [2.05, 4.69) is 17.5 Å². The summed E-state index contributed by atoms with van der Waals surface area (Å²) in [5.41, 5.74) is 5.20. The summed E-state index contributed by atoms with van der Waals surface area (Å²) in [7, 11) is 1.53. The molecule has 0 unspecified atom stereocenters. The maximum atomic E-state index is 11.5. The number of nitrogens with one attached hydrogen (secondary N) is 1. The van der Waals surface area contributed by atoms with Crippen LogP contribution < -0.4 is 11.1 Å². The third kappa shape index (κ3) is 7.64. The van der Waals surface area contributed by atoms with Gasteiger partial charge in [0, 0.05) is 13.6 Å². The molecule has 0 aliphatic rings. The van der Waals surface area contributed by atoms with Crippen molar-refractivity contribution in [2.24, 2.45) is 5.73 Å². The van der Waals surface area contributed by atoms with Gasteiger partial charge in [-0.25, -0.2) is 0 Å². The number of carbonyl (C=O) groups is 2. The third-order valence-corrected chi connectivity index (χ3v) is 1.99. The number of amides is 2. The van der Waals surface area contributed by atoms with Crippen molar-refractivity contribution < 1.29 is 14.3 Å². The van der Waals surface area contributed by atoms with Crippen molar-refractivity contribution in [2.75, 3.05) is 26.7 Å². The van der Waals surface area contributed by atoms with Crippen molar-refractivity contribution in [3.05, 3.63) is 0 Å². The van der Waals surface area contributed by atoms with Crippen molar-refractivity contribution in [2.45, 2.75) is 20.0 Å². The molecule has 6 nitrogen and oxygen atoms in total. The molecule has 0 spiro atoms. The maximum absolute atomic E-state index is 11.5. The summed E-state index contributed by atoms with van der Waals surface area (Å²) in [6.07, 6.45) is 0.0990. The second kappa shape index (κ2) is 7.97. The Hall–Kier alpha value is -1.21. The van der Waals surface area contributed by atoms with Gasteiger partial charge in [-0.05, 0) is 13.8 Å². The quantitative estimate of drug-likeness (QED) is 0.486. The van der Waals surface area contributed by atoms with E-state index in [1.54, 1.807) is 0 Å². The average molecular weight is 261 g/mol. The van der Waals surface area contributed by atoms with Crippen LogP contribution in [0.25, 0.3) is 0 Å². The largest absolute Gasteiger partial charge is 0.392 e. The van der Waals surface area contributed by atoms with Gasteiger partial charge in [0.1, 0.15) is 0 Å². The van der Waals surface area contributed by atoms with Gasteiger partial charge in [-0.2, -0.15) is 0 Å². The van der Waals surface area contributed by atoms with Crippen LogP contribution in [-0.4, -0.2) is 54.6 Å². The molecule has 0 aromatic rings. The average Bonchev–Trinajstić information content (AvgIpc) is 2.24. The molecule has 0 heterocycles. The van der Waals surface area contributed by atoms with Crippen LogP contribution >= 0.6 is 12.2 Å². The van der Waals surface area contributed by atoms with Crippen LogP contribution in [0.3, 0.4) is 0 Å². The van der Waals surface area contributed by atoms with Crippen LogP contribution in [0.4, 0.5) is 0 Å². The first-order valence-electron chi connectivity index (χ1n) is 5.27. The highest BCUT2D eigenvalue weighted by Gasteiger charge is 2.17. The van der Waals surface area contributed by atoms with Gasteiger partial charge in [0.05, 0.1) is 24.2 Å². The van der Waals surface area contributed by atoms with Gasteiger partial charge in [-0.15, -0.1) is 0 Å². The Kier molecular flexibility index (Phi) is 7.40. The normalized spacial score (nSPS) is 10.1. The number of carbonyl (C=O) groups excluding carboxylic acids is 2. The van der Waals surface area contributed by atoms with E-state index in [1.807, 2.05) is 13.8 Å². The molecule has 0 aromatic carbocycles. The fourth-order valence-electron chi connectivity index (χ4n) is 0.943. The van der Waals surface area contributed by atoms with Crippen LogP contribution in [0.1, 0.15) is 13.8 Å². The Morgan fingerprint density at radius 2 is 2.06 bits per heavy atom. The van der Waals surface area contributed by atoms with E-state index in [0.717, 1.165) is 0 Å². The van der Waals surface area contributed by atoms with Crippen LogP contribution in [0.2, 0.25) is 0 Å². The van der Waals surface area contributed by atoms with E-state index in [1.165, 1.54) is 11.9 Å². The Morgan fingerprint density at radius 3 is 2.53 bits per heavy atom. The summed E-state index contributed by atoms with van der Waals surface area (Å²) in [5, 5.41) is 2.32. The number of hydrogen-bond acceptors (Lipinski definition) is 4. The predicted octanol–water partition coefficient (Wildman–Crippen LogP) is -0.728. The van der Waals surface area contributed by atoms with E-state index in [0.29, 0.717) is 13.2 Å². The summed E-state index contributed by atoms with van der Waals surface area (Å²) < 4.78 is 5.27. The number of thiocarbonyl (C=S) groups is 1. The molecule has 2 amide bonds. The van der Waals surface area contributed by atoms with E-state index in [-0.39, 0.29) is 17.6 Å². The zero-order valence-electron chi connectivity index (χ0n) is 10.4. The summed E-state index contributed by atoms with van der Waals surface area (Å²) in [4.78, 5) is 24.3. The molecule has 17 heavy (non-hydrogen) atoms. The predicted molar refractivity (Wildman–Crippen MR) is 68.5 cm³/mol. The topological polar surface area (TPSA) is 84.7 Å². The minimum absolute atomic E-state index is 0.0240. The zero-order chi connectivity index (χ0) is 13.4. The van der Waals surface area contributed by atoms with Crippen LogP contribution in [0, 0.1) is 0 Å². The van der Waals surface area contributed by atoms with Gasteiger partial charge in [0.25, 0.3) is 0 Å². The molecular weight excluding hydrogens is 242 g/mol. The number of nitrogens with two attached hydrogens (primary N) is 1. The van der Waals surface area contributed by atoms with E-state index in [9.17, 15) is 9.59 Å². The van der Waals surface area contributed by atoms with Gasteiger partial charge in [-0.1, -0.05) is 12.2 Å². The van der Waals surface area contributed by atoms with Crippen LogP contribution in [0.5, 0.6) is 0 Å². The van der Waals surface area contributed by atoms with E-state index >= 15 is 0 Å². The standard InChI is InChI=1S/C10H19N3O3S/c1-7(2)16-5-4-13(3)10(15)9(14)12-6-8(11)17/h7H,4-6H2,1-3H3,(H2,11,17)(H,12,14). The zero-order valence-corrected chi connectivity index (χ0v) is 11.2. The number of ether oxygens (including phenoxy) is 1. The van der Waals surface area contributed by atoms with Gasteiger partial charge < -0.3 is 20.7 Å². The van der Waals surface area contributed by atoms with E-state index in [4.69, 9.17) is 10.5 Å². The third-order valence-electron chi connectivity index (χ3n) is 1.84. The number of rotatable bonds is 6. The van der Waals surface area contributed by atoms with Crippen LogP contribution in [0.15, 0.2) is 0 Å². The summed E-state index contributed by atoms with van der Waals surface area (Å²) in [6.45, 7) is 4.57. The van der Waals surface area contributed by atoms with Gasteiger partial charge >= 0.3 is 11.8 Å². The monoisotopic (exact) mass is 261 g/mol. The molecule has 0 aliphatic heterocycles. The molecule has 0 atom stereocenters. The Morgan fingerprint density at radius 1 is 1.47 bits per heavy atom. The molecule has 0 saturated carbocycles. The lowest BCUT2D eigenvalue weighted by Gasteiger charge is -2.17. The minimum Gasteiger partial charge on any atom is -0.392 e. The first kappa shape index (κ1) is 15.8. The smallest absolute Gasteiger partial charge is 0.311 e. The second-order valence-corrected chi connectivity index (χ2v) is 4.32. The molecule has 0 aliphatic carbocycles. The summed E-state index contributed by atoms with van der Waals surface area (Å²) in [6, 6.07) is 0. The van der Waals surface area contributed by atoms with Crippen molar-refractivity contribution >= 4 is 29.0 Å². The summed E-state index contributed by atoms with van der Waals surface area (Å²) in [5.74, 6) is -1.35. The van der Waals surface area contributed by atoms with Crippen molar-refractivity contribution in [3.8, 4) is 0 Å². The molecule has 0 rings (SSSR count). The lowest BCUT2D eigenvalue weighted by Crippen LogP contribution is -2.44. The SMILES string of the molecule is CC(C)OCCN(C)C(=O)C(=O)NCC(N)=S. The fraction of sp³-hybridized carbons (Fsp3) is 0.700. The molecule has 0 aromatic heterocycles. The minimum atomic E-state index is -0.718. The lowest BCUT2D eigenvalue weighted by atomic mass is 10.4. The van der Waals surface area contributed by atoms with Crippen molar-refractivity contribution in [3.63, 3.8) is 0 Å². The second-order valence-electron chi connectivity index (χ2n) is 3.80. The highest BCUT2D eigenvalue weighted by atomic mass is 32.1. The number of likely N-dealkylation sites (N-methyl/N-ethyl adjacent to an activating group) is 1. The van der Waals surface area contributed by atoms with Gasteiger partial charge in [-0.3, -0.25) is 9.59 Å². The molecule has 0 radical (unpaired) electrons. The van der Waals surface area contributed by atoms with Gasteiger partial charge in [0.15, 0.2) is 0 Å². The maximum Gasteiger partial charge on any atom is 0.311 e. The fourth-order valence-corrected chi connectivity index (χ4v) is 1.02. The molecule has 0 bridgehead atoms.